The summed E-state index contributed by atoms with van der Waals surface area (Å²) in [5.41, 5.74) is 1.31. The predicted molar refractivity (Wildman–Crippen MR) is 104 cm³/mol. The number of sulfonamides is 1. The Labute approximate surface area is 166 Å². The molecule has 3 heterocycles. The van der Waals surface area contributed by atoms with E-state index in [1.54, 1.807) is 6.07 Å². The molecule has 2 aliphatic rings. The molecule has 1 saturated heterocycles. The van der Waals surface area contributed by atoms with Crippen molar-refractivity contribution in [2.75, 3.05) is 6.54 Å². The van der Waals surface area contributed by atoms with E-state index < -0.39 is 15.8 Å². The monoisotopic (exact) mass is 416 g/mol. The van der Waals surface area contributed by atoms with E-state index in [0.717, 1.165) is 18.5 Å². The number of nitrogens with zero attached hydrogens (tertiary/aromatic N) is 3. The molecule has 5 rings (SSSR count). The van der Waals surface area contributed by atoms with Crippen LogP contribution in [0.3, 0.4) is 0 Å². The first-order valence-corrected chi connectivity index (χ1v) is 11.1. The lowest BCUT2D eigenvalue weighted by atomic mass is 10.2. The number of fused-ring (bicyclic) bond motifs is 1. The molecule has 29 heavy (non-hydrogen) atoms. The second kappa shape index (κ2) is 6.67. The van der Waals surface area contributed by atoms with Gasteiger partial charge in [-0.15, -0.1) is 0 Å². The Morgan fingerprint density at radius 1 is 1.14 bits per heavy atom. The third-order valence-corrected chi connectivity index (χ3v) is 7.53. The zero-order valence-corrected chi connectivity index (χ0v) is 16.4. The van der Waals surface area contributed by atoms with Crippen molar-refractivity contribution in [2.24, 2.45) is 0 Å². The van der Waals surface area contributed by atoms with Gasteiger partial charge in [0.25, 0.3) is 5.56 Å². The molecule has 2 aromatic heterocycles. The van der Waals surface area contributed by atoms with Gasteiger partial charge in [0.05, 0.1) is 22.7 Å². The highest BCUT2D eigenvalue weighted by molar-refractivity contribution is 7.89. The average molecular weight is 416 g/mol. The van der Waals surface area contributed by atoms with Crippen LogP contribution in [0.2, 0.25) is 0 Å². The first kappa shape index (κ1) is 18.3. The van der Waals surface area contributed by atoms with Crippen LogP contribution in [0.5, 0.6) is 0 Å². The summed E-state index contributed by atoms with van der Waals surface area (Å²) in [5, 5.41) is 4.46. The minimum Gasteiger partial charge on any atom is -0.408 e. The van der Waals surface area contributed by atoms with E-state index in [-0.39, 0.29) is 23.0 Å². The standard InChI is InChI=1S/C19H20N4O5S/c24-18-8-6-15(12-3-4-12)21-22(18)11-13-2-1-9-23(13)29(26,27)14-5-7-17-16(10-14)20-19(25)28-17/h5-8,10,12-13H,1-4,9,11H2,(H,20,25). The number of rotatable bonds is 5. The third kappa shape index (κ3) is 3.32. The molecule has 1 saturated carbocycles. The lowest BCUT2D eigenvalue weighted by molar-refractivity contribution is 0.334. The number of aromatic nitrogens is 3. The largest absolute Gasteiger partial charge is 0.417 e. The Bertz CT molecular complexity index is 1300. The van der Waals surface area contributed by atoms with Crippen LogP contribution >= 0.6 is 0 Å². The van der Waals surface area contributed by atoms with Gasteiger partial charge in [0.1, 0.15) is 0 Å². The molecule has 10 heteroatoms. The number of hydrogen-bond acceptors (Lipinski definition) is 6. The molecule has 1 aromatic carbocycles. The average Bonchev–Trinajstić information content (AvgIpc) is 3.30. The maximum atomic E-state index is 13.3. The summed E-state index contributed by atoms with van der Waals surface area (Å²) in [6.45, 7) is 0.605. The van der Waals surface area contributed by atoms with Gasteiger partial charge in [-0.2, -0.15) is 9.40 Å². The highest BCUT2D eigenvalue weighted by Crippen LogP contribution is 2.38. The summed E-state index contributed by atoms with van der Waals surface area (Å²) in [7, 11) is -3.79. The number of oxazole rings is 1. The quantitative estimate of drug-likeness (QED) is 0.672. The number of H-pyrrole nitrogens is 1. The lowest BCUT2D eigenvalue weighted by Crippen LogP contribution is -2.40. The fraction of sp³-hybridized carbons (Fsp3) is 0.421. The van der Waals surface area contributed by atoms with Crippen LogP contribution in [0.15, 0.2) is 49.2 Å². The van der Waals surface area contributed by atoms with Gasteiger partial charge in [-0.1, -0.05) is 0 Å². The summed E-state index contributed by atoms with van der Waals surface area (Å²) >= 11 is 0. The minimum atomic E-state index is -3.79. The zero-order chi connectivity index (χ0) is 20.2. The molecule has 2 fully saturated rings. The lowest BCUT2D eigenvalue weighted by Gasteiger charge is -2.24. The molecule has 152 valence electrons. The van der Waals surface area contributed by atoms with Crippen molar-refractivity contribution in [3.05, 3.63) is 56.9 Å². The predicted octanol–water partition coefficient (Wildman–Crippen LogP) is 1.41. The molecular formula is C19H20N4O5S. The third-order valence-electron chi connectivity index (χ3n) is 5.59. The number of hydrogen-bond donors (Lipinski definition) is 1. The molecule has 1 aliphatic carbocycles. The van der Waals surface area contributed by atoms with E-state index in [2.05, 4.69) is 10.1 Å². The zero-order valence-electron chi connectivity index (χ0n) is 15.6. The molecule has 0 radical (unpaired) electrons. The smallest absolute Gasteiger partial charge is 0.408 e. The molecule has 1 aliphatic heterocycles. The van der Waals surface area contributed by atoms with Crippen LogP contribution < -0.4 is 11.3 Å². The van der Waals surface area contributed by atoms with Crippen LogP contribution in [-0.2, 0) is 16.6 Å². The number of aromatic amines is 1. The van der Waals surface area contributed by atoms with E-state index in [4.69, 9.17) is 4.42 Å². The van der Waals surface area contributed by atoms with E-state index in [1.165, 1.54) is 33.3 Å². The van der Waals surface area contributed by atoms with Crippen LogP contribution in [0.1, 0.15) is 37.3 Å². The van der Waals surface area contributed by atoms with Crippen molar-refractivity contribution >= 4 is 21.1 Å². The van der Waals surface area contributed by atoms with Gasteiger partial charge in [-0.05, 0) is 49.9 Å². The van der Waals surface area contributed by atoms with Crippen molar-refractivity contribution in [1.29, 1.82) is 0 Å². The Morgan fingerprint density at radius 3 is 2.76 bits per heavy atom. The van der Waals surface area contributed by atoms with Crippen molar-refractivity contribution < 1.29 is 12.8 Å². The van der Waals surface area contributed by atoms with Crippen LogP contribution in [0, 0.1) is 0 Å². The maximum absolute atomic E-state index is 13.3. The second-order valence-electron chi connectivity index (χ2n) is 7.64. The fourth-order valence-corrected chi connectivity index (χ4v) is 5.64. The Morgan fingerprint density at radius 2 is 1.97 bits per heavy atom. The first-order valence-electron chi connectivity index (χ1n) is 9.64. The number of nitrogens with one attached hydrogen (secondary N) is 1. The summed E-state index contributed by atoms with van der Waals surface area (Å²) in [4.78, 5) is 26.2. The molecule has 1 atom stereocenters. The topological polar surface area (TPSA) is 118 Å². The van der Waals surface area contributed by atoms with E-state index in [0.29, 0.717) is 36.4 Å². The minimum absolute atomic E-state index is 0.0842. The van der Waals surface area contributed by atoms with Crippen LogP contribution in [0.4, 0.5) is 0 Å². The highest BCUT2D eigenvalue weighted by atomic mass is 32.2. The fourth-order valence-electron chi connectivity index (χ4n) is 3.93. The van der Waals surface area contributed by atoms with E-state index in [1.807, 2.05) is 0 Å². The Kier molecular flexibility index (Phi) is 4.21. The Balaban J connectivity index is 1.45. The van der Waals surface area contributed by atoms with Gasteiger partial charge in [-0.25, -0.2) is 17.9 Å². The molecule has 9 nitrogen and oxygen atoms in total. The summed E-state index contributed by atoms with van der Waals surface area (Å²) < 4.78 is 34.3. The molecule has 0 amide bonds. The second-order valence-corrected chi connectivity index (χ2v) is 9.53. The molecule has 1 unspecified atom stereocenters. The molecule has 1 N–H and O–H groups in total. The summed E-state index contributed by atoms with van der Waals surface area (Å²) in [5.74, 6) is -0.219. The highest BCUT2D eigenvalue weighted by Gasteiger charge is 2.36. The Hall–Kier alpha value is -2.72. The van der Waals surface area contributed by atoms with Crippen molar-refractivity contribution in [2.45, 2.75) is 49.1 Å². The van der Waals surface area contributed by atoms with E-state index in [9.17, 15) is 18.0 Å². The van der Waals surface area contributed by atoms with Crippen LogP contribution in [0.25, 0.3) is 11.1 Å². The van der Waals surface area contributed by atoms with E-state index >= 15 is 0 Å². The first-order chi connectivity index (χ1) is 13.9. The van der Waals surface area contributed by atoms with Gasteiger partial charge in [-0.3, -0.25) is 9.78 Å². The van der Waals surface area contributed by atoms with Gasteiger partial charge in [0, 0.05) is 24.6 Å². The summed E-state index contributed by atoms with van der Waals surface area (Å²) in [6, 6.07) is 7.23. The van der Waals surface area contributed by atoms with Gasteiger partial charge < -0.3 is 4.42 Å². The van der Waals surface area contributed by atoms with Crippen molar-refractivity contribution in [3.63, 3.8) is 0 Å². The van der Waals surface area contributed by atoms with Crippen molar-refractivity contribution in [1.82, 2.24) is 19.1 Å². The van der Waals surface area contributed by atoms with Gasteiger partial charge in [0.2, 0.25) is 10.0 Å². The SMILES string of the molecule is O=c1[nH]c2cc(S(=O)(=O)N3CCCC3Cn3nc(C4CC4)ccc3=O)ccc2o1. The molecule has 3 aromatic rings. The normalized spacial score (nSPS) is 20.5. The maximum Gasteiger partial charge on any atom is 0.417 e. The van der Waals surface area contributed by atoms with Crippen molar-refractivity contribution in [3.8, 4) is 0 Å². The number of benzene rings is 1. The molecular weight excluding hydrogens is 396 g/mol. The van der Waals surface area contributed by atoms with Crippen LogP contribution in [-0.4, -0.2) is 40.1 Å². The van der Waals surface area contributed by atoms with Gasteiger partial charge >= 0.3 is 5.76 Å². The molecule has 0 bridgehead atoms. The summed E-state index contributed by atoms with van der Waals surface area (Å²) in [6.07, 6.45) is 3.53. The van der Waals surface area contributed by atoms with Gasteiger partial charge in [0.15, 0.2) is 5.58 Å². The molecule has 0 spiro atoms.